The molecule has 1 aliphatic heterocycles. The Hall–Kier alpha value is -2.63. The molecule has 2 atom stereocenters. The summed E-state index contributed by atoms with van der Waals surface area (Å²) in [5.41, 5.74) is 0.209. The van der Waals surface area contributed by atoms with Gasteiger partial charge in [0.15, 0.2) is 17.7 Å². The molecule has 1 aliphatic rings. The van der Waals surface area contributed by atoms with E-state index in [1.54, 1.807) is 38.1 Å². The van der Waals surface area contributed by atoms with Crippen molar-refractivity contribution in [3.8, 4) is 11.5 Å². The second-order valence-corrected chi connectivity index (χ2v) is 5.65. The Balaban J connectivity index is 1.88. The lowest BCUT2D eigenvalue weighted by atomic mass is 10.1. The molecule has 0 spiro atoms. The van der Waals surface area contributed by atoms with Gasteiger partial charge in [0, 0.05) is 0 Å². The predicted octanol–water partition coefficient (Wildman–Crippen LogP) is 3.55. The number of fused-ring (bicyclic) bond motifs is 1. The van der Waals surface area contributed by atoms with Crippen LogP contribution >= 0.6 is 0 Å². The molecule has 2 aromatic rings. The van der Waals surface area contributed by atoms with Crippen LogP contribution in [-0.4, -0.2) is 24.7 Å². The van der Waals surface area contributed by atoms with Crippen LogP contribution in [0, 0.1) is 11.6 Å². The number of carbonyl (C=O) groups excluding carboxylic acids is 1. The van der Waals surface area contributed by atoms with Gasteiger partial charge in [0.2, 0.25) is 5.82 Å². The highest BCUT2D eigenvalue weighted by atomic mass is 19.2. The van der Waals surface area contributed by atoms with Crippen LogP contribution in [0.4, 0.5) is 14.5 Å². The van der Waals surface area contributed by atoms with Gasteiger partial charge in [-0.3, -0.25) is 9.69 Å². The van der Waals surface area contributed by atoms with Gasteiger partial charge in [-0.25, -0.2) is 4.39 Å². The van der Waals surface area contributed by atoms with E-state index in [-0.39, 0.29) is 30.0 Å². The van der Waals surface area contributed by atoms with Crippen molar-refractivity contribution in [2.45, 2.75) is 26.0 Å². The Labute approximate surface area is 138 Å². The van der Waals surface area contributed by atoms with Gasteiger partial charge in [0.1, 0.15) is 12.4 Å². The number of ether oxygens (including phenoxy) is 2. The number of benzene rings is 2. The number of halogens is 2. The lowest BCUT2D eigenvalue weighted by Crippen LogP contribution is -2.50. The molecule has 0 bridgehead atoms. The molecule has 0 unspecified atom stereocenters. The summed E-state index contributed by atoms with van der Waals surface area (Å²) >= 11 is 0. The smallest absolute Gasteiger partial charge is 0.268 e. The van der Waals surface area contributed by atoms with Crippen LogP contribution in [0.3, 0.4) is 0 Å². The van der Waals surface area contributed by atoms with Crippen molar-refractivity contribution in [3.63, 3.8) is 0 Å². The highest BCUT2D eigenvalue weighted by Crippen LogP contribution is 2.37. The monoisotopic (exact) mass is 333 g/mol. The fourth-order valence-electron chi connectivity index (χ4n) is 2.65. The topological polar surface area (TPSA) is 38.8 Å². The zero-order valence-corrected chi connectivity index (χ0v) is 13.3. The van der Waals surface area contributed by atoms with E-state index in [0.717, 1.165) is 6.07 Å². The van der Waals surface area contributed by atoms with Crippen LogP contribution in [0.25, 0.3) is 0 Å². The van der Waals surface area contributed by atoms with E-state index >= 15 is 0 Å². The molecule has 0 N–H and O–H groups in total. The Morgan fingerprint density at radius 2 is 1.96 bits per heavy atom. The third-order valence-electron chi connectivity index (χ3n) is 3.84. The first-order chi connectivity index (χ1) is 11.5. The van der Waals surface area contributed by atoms with Crippen molar-refractivity contribution in [1.82, 2.24) is 0 Å². The minimum Gasteiger partial charge on any atom is -0.486 e. The molecule has 0 aliphatic carbocycles. The molecular formula is C18H17F2NO3. The summed E-state index contributed by atoms with van der Waals surface area (Å²) in [6.07, 6.45) is -0.783. The summed E-state index contributed by atoms with van der Waals surface area (Å²) in [4.78, 5) is 14.2. The van der Waals surface area contributed by atoms with Crippen molar-refractivity contribution < 1.29 is 23.0 Å². The SMILES string of the molecule is C[C@H](Oc1ccccc1)C(=O)N1c2ccc(F)c(F)c2OC[C@H]1C. The fourth-order valence-corrected chi connectivity index (χ4v) is 2.65. The highest BCUT2D eigenvalue weighted by molar-refractivity contribution is 5.98. The number of hydrogen-bond donors (Lipinski definition) is 0. The van der Waals surface area contributed by atoms with Crippen LogP contribution in [0.5, 0.6) is 11.5 Å². The molecule has 1 heterocycles. The van der Waals surface area contributed by atoms with Crippen molar-refractivity contribution in [1.29, 1.82) is 0 Å². The van der Waals surface area contributed by atoms with Crippen molar-refractivity contribution in [2.75, 3.05) is 11.5 Å². The molecule has 24 heavy (non-hydrogen) atoms. The molecule has 6 heteroatoms. The summed E-state index contributed by atoms with van der Waals surface area (Å²) in [6, 6.07) is 10.9. The molecule has 0 aromatic heterocycles. The van der Waals surface area contributed by atoms with Gasteiger partial charge in [-0.05, 0) is 38.1 Å². The van der Waals surface area contributed by atoms with Gasteiger partial charge in [0.05, 0.1) is 11.7 Å². The molecule has 3 rings (SSSR count). The third kappa shape index (κ3) is 2.91. The lowest BCUT2D eigenvalue weighted by Gasteiger charge is -2.36. The lowest BCUT2D eigenvalue weighted by molar-refractivity contribution is -0.125. The van der Waals surface area contributed by atoms with E-state index in [1.807, 2.05) is 6.07 Å². The Morgan fingerprint density at radius 1 is 1.25 bits per heavy atom. The van der Waals surface area contributed by atoms with E-state index in [1.165, 1.54) is 11.0 Å². The van der Waals surface area contributed by atoms with Crippen LogP contribution < -0.4 is 14.4 Å². The standard InChI is InChI=1S/C18H17F2NO3/c1-11-10-23-17-15(9-8-14(19)16(17)20)21(11)18(22)12(2)24-13-6-4-3-5-7-13/h3-9,11-12H,10H2,1-2H3/t11-,12+/m1/s1. The zero-order chi connectivity index (χ0) is 17.3. The number of amides is 1. The van der Waals surface area contributed by atoms with Gasteiger partial charge in [0.25, 0.3) is 5.91 Å². The predicted molar refractivity (Wildman–Crippen MR) is 85.3 cm³/mol. The maximum atomic E-state index is 13.9. The molecule has 0 saturated carbocycles. The molecule has 126 valence electrons. The fraction of sp³-hybridized carbons (Fsp3) is 0.278. The van der Waals surface area contributed by atoms with E-state index in [4.69, 9.17) is 9.47 Å². The summed E-state index contributed by atoms with van der Waals surface area (Å²) in [5.74, 6) is -2.13. The van der Waals surface area contributed by atoms with Gasteiger partial charge in [-0.15, -0.1) is 0 Å². The van der Waals surface area contributed by atoms with Crippen molar-refractivity contribution in [2.24, 2.45) is 0 Å². The summed E-state index contributed by atoms with van der Waals surface area (Å²) in [6.45, 7) is 3.48. The summed E-state index contributed by atoms with van der Waals surface area (Å²) in [5, 5.41) is 0. The van der Waals surface area contributed by atoms with E-state index in [9.17, 15) is 13.6 Å². The van der Waals surface area contributed by atoms with Gasteiger partial charge >= 0.3 is 0 Å². The number of carbonyl (C=O) groups is 1. The first-order valence-electron chi connectivity index (χ1n) is 7.64. The number of rotatable bonds is 3. The molecule has 0 saturated heterocycles. The number of hydrogen-bond acceptors (Lipinski definition) is 3. The van der Waals surface area contributed by atoms with Crippen LogP contribution in [-0.2, 0) is 4.79 Å². The van der Waals surface area contributed by atoms with E-state index < -0.39 is 17.7 Å². The molecular weight excluding hydrogens is 316 g/mol. The molecule has 0 fully saturated rings. The Morgan fingerprint density at radius 3 is 2.67 bits per heavy atom. The average molecular weight is 333 g/mol. The van der Waals surface area contributed by atoms with Crippen LogP contribution in [0.15, 0.2) is 42.5 Å². The van der Waals surface area contributed by atoms with Gasteiger partial charge in [-0.1, -0.05) is 18.2 Å². The minimum absolute atomic E-state index is 0.0805. The van der Waals surface area contributed by atoms with Crippen LogP contribution in [0.2, 0.25) is 0 Å². The number of anilines is 1. The van der Waals surface area contributed by atoms with Crippen molar-refractivity contribution >= 4 is 11.6 Å². The van der Waals surface area contributed by atoms with Crippen LogP contribution in [0.1, 0.15) is 13.8 Å². The normalized spacial score (nSPS) is 17.7. The average Bonchev–Trinajstić information content (AvgIpc) is 2.58. The number of para-hydroxylation sites is 1. The Kier molecular flexibility index (Phi) is 4.38. The maximum Gasteiger partial charge on any atom is 0.268 e. The van der Waals surface area contributed by atoms with E-state index in [2.05, 4.69) is 0 Å². The van der Waals surface area contributed by atoms with E-state index in [0.29, 0.717) is 5.75 Å². The molecule has 2 aromatic carbocycles. The maximum absolute atomic E-state index is 13.9. The zero-order valence-electron chi connectivity index (χ0n) is 13.3. The second kappa shape index (κ2) is 6.47. The quantitative estimate of drug-likeness (QED) is 0.862. The van der Waals surface area contributed by atoms with Gasteiger partial charge < -0.3 is 9.47 Å². The first kappa shape index (κ1) is 16.2. The Bertz CT molecular complexity index is 751. The first-order valence-corrected chi connectivity index (χ1v) is 7.64. The number of nitrogens with zero attached hydrogens (tertiary/aromatic N) is 1. The molecule has 4 nitrogen and oxygen atoms in total. The second-order valence-electron chi connectivity index (χ2n) is 5.65. The molecule has 0 radical (unpaired) electrons. The van der Waals surface area contributed by atoms with Crippen molar-refractivity contribution in [3.05, 3.63) is 54.1 Å². The summed E-state index contributed by atoms with van der Waals surface area (Å²) in [7, 11) is 0. The molecule has 1 amide bonds. The third-order valence-corrected chi connectivity index (χ3v) is 3.84. The highest BCUT2D eigenvalue weighted by Gasteiger charge is 2.35. The largest absolute Gasteiger partial charge is 0.486 e. The van der Waals surface area contributed by atoms with Gasteiger partial charge in [-0.2, -0.15) is 4.39 Å². The minimum atomic E-state index is -1.09. The summed E-state index contributed by atoms with van der Waals surface area (Å²) < 4.78 is 38.2.